The Balaban J connectivity index is 3.38. The van der Waals surface area contributed by atoms with Gasteiger partial charge in [0.25, 0.3) is 0 Å². The molecule has 0 aliphatic rings. The van der Waals surface area contributed by atoms with Gasteiger partial charge in [-0.15, -0.1) is 0 Å². The van der Waals surface area contributed by atoms with Crippen molar-refractivity contribution in [3.05, 3.63) is 29.8 Å². The van der Waals surface area contributed by atoms with Gasteiger partial charge in [0.1, 0.15) is 5.75 Å². The van der Waals surface area contributed by atoms with Crippen molar-refractivity contribution in [3.63, 3.8) is 0 Å². The highest BCUT2D eigenvalue weighted by Crippen LogP contribution is 2.44. The zero-order chi connectivity index (χ0) is 17.6. The molecule has 130 valence electrons. The second kappa shape index (κ2) is 8.37. The van der Waals surface area contributed by atoms with E-state index in [1.165, 1.54) is 0 Å². The van der Waals surface area contributed by atoms with Crippen LogP contribution in [0.4, 0.5) is 0 Å². The molecular formula is C20H32O3. The van der Waals surface area contributed by atoms with Crippen molar-refractivity contribution < 1.29 is 14.3 Å². The third-order valence-electron chi connectivity index (χ3n) is 4.14. The summed E-state index contributed by atoms with van der Waals surface area (Å²) in [4.78, 5) is 12.7. The van der Waals surface area contributed by atoms with Gasteiger partial charge >= 0.3 is 5.97 Å². The predicted octanol–water partition coefficient (Wildman–Crippen LogP) is 5.05. The van der Waals surface area contributed by atoms with E-state index in [4.69, 9.17) is 9.47 Å². The van der Waals surface area contributed by atoms with E-state index in [1.54, 1.807) is 7.11 Å². The maximum Gasteiger partial charge on any atom is 0.310 e. The van der Waals surface area contributed by atoms with Crippen LogP contribution in [0.5, 0.6) is 5.75 Å². The first-order valence-corrected chi connectivity index (χ1v) is 8.51. The lowest BCUT2D eigenvalue weighted by Crippen LogP contribution is -2.36. The van der Waals surface area contributed by atoms with Crippen molar-refractivity contribution in [1.29, 1.82) is 0 Å². The third kappa shape index (κ3) is 5.26. The fraction of sp³-hybridized carbons (Fsp3) is 0.650. The van der Waals surface area contributed by atoms with Gasteiger partial charge in [-0.05, 0) is 36.3 Å². The summed E-state index contributed by atoms with van der Waals surface area (Å²) in [6.07, 6.45) is 0.918. The molecular weight excluding hydrogens is 288 g/mol. The van der Waals surface area contributed by atoms with Crippen LogP contribution in [0.3, 0.4) is 0 Å². The van der Waals surface area contributed by atoms with Gasteiger partial charge in [-0.2, -0.15) is 0 Å². The molecule has 0 bridgehead atoms. The van der Waals surface area contributed by atoms with Gasteiger partial charge in [0.05, 0.1) is 19.6 Å². The Hall–Kier alpha value is -1.51. The Morgan fingerprint density at radius 3 is 2.26 bits per heavy atom. The van der Waals surface area contributed by atoms with Crippen LogP contribution in [0.15, 0.2) is 24.3 Å². The molecule has 1 rings (SSSR count). The van der Waals surface area contributed by atoms with Gasteiger partial charge in [-0.3, -0.25) is 4.79 Å². The van der Waals surface area contributed by atoms with Gasteiger partial charge < -0.3 is 9.47 Å². The minimum absolute atomic E-state index is 0.0743. The molecule has 2 atom stereocenters. The summed E-state index contributed by atoms with van der Waals surface area (Å²) in [5, 5.41) is 0. The fourth-order valence-corrected chi connectivity index (χ4v) is 3.28. The van der Waals surface area contributed by atoms with Crippen LogP contribution in [-0.2, 0) is 9.53 Å². The summed E-state index contributed by atoms with van der Waals surface area (Å²) in [6, 6.07) is 8.01. The van der Waals surface area contributed by atoms with Gasteiger partial charge in [0, 0.05) is 5.92 Å². The minimum Gasteiger partial charge on any atom is -0.496 e. The maximum absolute atomic E-state index is 12.7. The predicted molar refractivity (Wildman–Crippen MR) is 94.8 cm³/mol. The van der Waals surface area contributed by atoms with Crippen LogP contribution in [-0.4, -0.2) is 19.7 Å². The summed E-state index contributed by atoms with van der Waals surface area (Å²) in [5.41, 5.74) is 0.906. The number of methoxy groups -OCH3 is 1. The maximum atomic E-state index is 12.7. The third-order valence-corrected chi connectivity index (χ3v) is 4.14. The zero-order valence-corrected chi connectivity index (χ0v) is 15.7. The molecule has 0 fully saturated rings. The number of esters is 1. The molecule has 0 N–H and O–H groups in total. The van der Waals surface area contributed by atoms with Crippen LogP contribution in [0.25, 0.3) is 0 Å². The van der Waals surface area contributed by atoms with Crippen molar-refractivity contribution in [1.82, 2.24) is 0 Å². The lowest BCUT2D eigenvalue weighted by Gasteiger charge is -2.37. The summed E-state index contributed by atoms with van der Waals surface area (Å²) >= 11 is 0. The van der Waals surface area contributed by atoms with Gasteiger partial charge in [0.15, 0.2) is 0 Å². The van der Waals surface area contributed by atoms with E-state index in [9.17, 15) is 4.79 Å². The molecule has 0 amide bonds. The summed E-state index contributed by atoms with van der Waals surface area (Å²) < 4.78 is 11.0. The molecule has 23 heavy (non-hydrogen) atoms. The number of hydrogen-bond donors (Lipinski definition) is 0. The van der Waals surface area contributed by atoms with E-state index in [0.717, 1.165) is 17.7 Å². The molecule has 0 saturated carbocycles. The van der Waals surface area contributed by atoms with Crippen LogP contribution < -0.4 is 4.74 Å². The highest BCUT2D eigenvalue weighted by molar-refractivity contribution is 5.75. The van der Waals surface area contributed by atoms with Gasteiger partial charge in [0.2, 0.25) is 0 Å². The van der Waals surface area contributed by atoms with Crippen LogP contribution in [0, 0.1) is 17.3 Å². The fourth-order valence-electron chi connectivity index (χ4n) is 3.28. The average molecular weight is 320 g/mol. The Morgan fingerprint density at radius 2 is 1.78 bits per heavy atom. The molecule has 0 aromatic heterocycles. The van der Waals surface area contributed by atoms with Crippen molar-refractivity contribution in [2.24, 2.45) is 17.3 Å². The molecule has 3 nitrogen and oxygen atoms in total. The van der Waals surface area contributed by atoms with Crippen molar-refractivity contribution in [3.8, 4) is 5.75 Å². The minimum atomic E-state index is -0.207. The summed E-state index contributed by atoms with van der Waals surface area (Å²) in [5.74, 6) is 1.07. The number of carbonyl (C=O) groups excluding carboxylic acids is 1. The molecule has 0 heterocycles. The van der Waals surface area contributed by atoms with Crippen molar-refractivity contribution in [2.45, 2.75) is 53.9 Å². The molecule has 1 aromatic carbocycles. The highest BCUT2D eigenvalue weighted by atomic mass is 16.5. The Bertz CT molecular complexity index is 500. The Morgan fingerprint density at radius 1 is 1.17 bits per heavy atom. The topological polar surface area (TPSA) is 35.5 Å². The monoisotopic (exact) mass is 320 g/mol. The smallest absolute Gasteiger partial charge is 0.310 e. The first-order valence-electron chi connectivity index (χ1n) is 8.51. The molecule has 0 aliphatic heterocycles. The molecule has 0 spiro atoms. The standard InChI is InChI=1S/C20H32O3/c1-8-23-19(21)18(20(4,5)6)16(13-14(2)3)15-11-9-10-12-17(15)22-7/h9-12,14,16,18H,8,13H2,1-7H3. The second-order valence-corrected chi connectivity index (χ2v) is 7.57. The number of ether oxygens (including phenoxy) is 2. The Kier molecular flexibility index (Phi) is 7.11. The number of carbonyl (C=O) groups is 1. The largest absolute Gasteiger partial charge is 0.496 e. The van der Waals surface area contributed by atoms with E-state index >= 15 is 0 Å². The van der Waals surface area contributed by atoms with Crippen molar-refractivity contribution >= 4 is 5.97 Å². The number of rotatable bonds is 7. The molecule has 1 aromatic rings. The SMILES string of the molecule is CCOC(=O)C(C(CC(C)C)c1ccccc1OC)C(C)(C)C. The van der Waals surface area contributed by atoms with E-state index < -0.39 is 0 Å². The summed E-state index contributed by atoms with van der Waals surface area (Å²) in [7, 11) is 1.68. The quantitative estimate of drug-likeness (QED) is 0.659. The lowest BCUT2D eigenvalue weighted by atomic mass is 9.68. The van der Waals surface area contributed by atoms with E-state index in [-0.39, 0.29) is 23.2 Å². The summed E-state index contributed by atoms with van der Waals surface area (Å²) in [6.45, 7) is 13.0. The molecule has 0 aliphatic carbocycles. The van der Waals surface area contributed by atoms with Gasteiger partial charge in [-0.25, -0.2) is 0 Å². The molecule has 0 radical (unpaired) electrons. The van der Waals surface area contributed by atoms with Crippen LogP contribution in [0.1, 0.15) is 59.4 Å². The van der Waals surface area contributed by atoms with Crippen molar-refractivity contribution in [2.75, 3.05) is 13.7 Å². The van der Waals surface area contributed by atoms with Crippen LogP contribution >= 0.6 is 0 Å². The van der Waals surface area contributed by atoms with Gasteiger partial charge in [-0.1, -0.05) is 52.8 Å². The first kappa shape index (κ1) is 19.5. The Labute approximate surface area is 141 Å². The van der Waals surface area contributed by atoms with Crippen LogP contribution in [0.2, 0.25) is 0 Å². The molecule has 2 unspecified atom stereocenters. The molecule has 0 saturated heterocycles. The normalized spacial score (nSPS) is 14.4. The number of benzene rings is 1. The second-order valence-electron chi connectivity index (χ2n) is 7.57. The lowest BCUT2D eigenvalue weighted by molar-refractivity contribution is -0.153. The highest BCUT2D eigenvalue weighted by Gasteiger charge is 2.41. The van der Waals surface area contributed by atoms with E-state index in [1.807, 2.05) is 25.1 Å². The number of hydrogen-bond acceptors (Lipinski definition) is 3. The van der Waals surface area contributed by atoms with E-state index in [0.29, 0.717) is 12.5 Å². The average Bonchev–Trinajstić information content (AvgIpc) is 2.45. The van der Waals surface area contributed by atoms with E-state index in [2.05, 4.69) is 40.7 Å². The number of para-hydroxylation sites is 1. The molecule has 3 heteroatoms. The first-order chi connectivity index (χ1) is 10.7. The zero-order valence-electron chi connectivity index (χ0n) is 15.7.